The van der Waals surface area contributed by atoms with E-state index in [1.54, 1.807) is 0 Å². The standard InChI is InChI=1S/C17H33N3O.2ClH/c1-2-3-12-20-13-8-16(9-14-20)19-17(21)5-4-15-6-10-18-11-7-15;;/h15-16,18H,2-14H2,1H3,(H,19,21);2*1H. The highest BCUT2D eigenvalue weighted by Crippen LogP contribution is 2.18. The molecule has 0 aliphatic carbocycles. The number of nitrogens with one attached hydrogen (secondary N) is 2. The molecule has 0 atom stereocenters. The van der Waals surface area contributed by atoms with Crippen LogP contribution < -0.4 is 10.6 Å². The number of halogens is 2. The predicted octanol–water partition coefficient (Wildman–Crippen LogP) is 2.99. The monoisotopic (exact) mass is 367 g/mol. The molecule has 2 aliphatic heterocycles. The minimum absolute atomic E-state index is 0. The Morgan fingerprint density at radius 2 is 1.78 bits per heavy atom. The van der Waals surface area contributed by atoms with E-state index in [4.69, 9.17) is 0 Å². The lowest BCUT2D eigenvalue weighted by molar-refractivity contribution is -0.122. The van der Waals surface area contributed by atoms with Crippen LogP contribution in [0.25, 0.3) is 0 Å². The number of unbranched alkanes of at least 4 members (excludes halogenated alkanes) is 1. The maximum absolute atomic E-state index is 12.1. The molecule has 2 aliphatic rings. The molecular formula is C17H35Cl2N3O. The van der Waals surface area contributed by atoms with Crippen molar-refractivity contribution >= 4 is 30.7 Å². The molecule has 0 spiro atoms. The summed E-state index contributed by atoms with van der Waals surface area (Å²) in [6, 6.07) is 0.420. The third-order valence-electron chi connectivity index (χ3n) is 5.02. The van der Waals surface area contributed by atoms with Crippen LogP contribution in [0.5, 0.6) is 0 Å². The van der Waals surface area contributed by atoms with E-state index in [1.807, 2.05) is 0 Å². The fraction of sp³-hybridized carbons (Fsp3) is 0.941. The van der Waals surface area contributed by atoms with Crippen molar-refractivity contribution < 1.29 is 4.79 Å². The summed E-state index contributed by atoms with van der Waals surface area (Å²) in [4.78, 5) is 14.6. The SMILES string of the molecule is CCCCN1CCC(NC(=O)CCC2CCNCC2)CC1.Cl.Cl. The molecule has 2 heterocycles. The molecule has 2 fully saturated rings. The lowest BCUT2D eigenvalue weighted by Gasteiger charge is -2.32. The number of hydrogen-bond acceptors (Lipinski definition) is 3. The number of carbonyl (C=O) groups excluding carboxylic acids is 1. The topological polar surface area (TPSA) is 44.4 Å². The second-order valence-corrected chi connectivity index (χ2v) is 6.77. The van der Waals surface area contributed by atoms with Gasteiger partial charge >= 0.3 is 0 Å². The molecule has 0 aromatic rings. The van der Waals surface area contributed by atoms with E-state index in [0.29, 0.717) is 6.04 Å². The van der Waals surface area contributed by atoms with Crippen molar-refractivity contribution in [1.82, 2.24) is 15.5 Å². The van der Waals surface area contributed by atoms with Crippen LogP contribution in [-0.4, -0.2) is 49.6 Å². The maximum atomic E-state index is 12.1. The van der Waals surface area contributed by atoms with Crippen LogP contribution in [0.1, 0.15) is 58.3 Å². The first-order chi connectivity index (χ1) is 10.3. The highest BCUT2D eigenvalue weighted by Gasteiger charge is 2.21. The fourth-order valence-electron chi connectivity index (χ4n) is 3.49. The van der Waals surface area contributed by atoms with E-state index >= 15 is 0 Å². The summed E-state index contributed by atoms with van der Waals surface area (Å²) in [6.07, 6.45) is 9.10. The first-order valence-corrected chi connectivity index (χ1v) is 9.00. The van der Waals surface area contributed by atoms with Crippen molar-refractivity contribution in [3.8, 4) is 0 Å². The van der Waals surface area contributed by atoms with Gasteiger partial charge in [-0.15, -0.1) is 24.8 Å². The average Bonchev–Trinajstić information content (AvgIpc) is 2.53. The van der Waals surface area contributed by atoms with Crippen LogP contribution in [0.2, 0.25) is 0 Å². The molecule has 0 aromatic carbocycles. The van der Waals surface area contributed by atoms with Gasteiger partial charge in [-0.2, -0.15) is 0 Å². The van der Waals surface area contributed by atoms with Gasteiger partial charge in [0.2, 0.25) is 5.91 Å². The zero-order valence-corrected chi connectivity index (χ0v) is 16.2. The van der Waals surface area contributed by atoms with Gasteiger partial charge in [-0.05, 0) is 64.1 Å². The number of hydrogen-bond donors (Lipinski definition) is 2. The van der Waals surface area contributed by atoms with Crippen molar-refractivity contribution in [1.29, 1.82) is 0 Å². The summed E-state index contributed by atoms with van der Waals surface area (Å²) in [7, 11) is 0. The Hall–Kier alpha value is -0.0300. The number of amides is 1. The quantitative estimate of drug-likeness (QED) is 0.726. The van der Waals surface area contributed by atoms with Gasteiger partial charge in [0.1, 0.15) is 0 Å². The van der Waals surface area contributed by atoms with Gasteiger partial charge in [-0.1, -0.05) is 13.3 Å². The van der Waals surface area contributed by atoms with Gasteiger partial charge in [0, 0.05) is 25.6 Å². The van der Waals surface area contributed by atoms with Gasteiger partial charge in [-0.25, -0.2) is 0 Å². The Balaban J connectivity index is 0.00000242. The Kier molecular flexibility index (Phi) is 13.3. The second kappa shape index (κ2) is 13.3. The molecule has 0 aromatic heterocycles. The van der Waals surface area contributed by atoms with Gasteiger partial charge in [0.05, 0.1) is 0 Å². The molecular weight excluding hydrogens is 333 g/mol. The number of piperidine rings is 2. The summed E-state index contributed by atoms with van der Waals surface area (Å²) < 4.78 is 0. The molecule has 138 valence electrons. The molecule has 23 heavy (non-hydrogen) atoms. The third kappa shape index (κ3) is 9.13. The molecule has 2 N–H and O–H groups in total. The maximum Gasteiger partial charge on any atom is 0.220 e. The first kappa shape index (κ1) is 23.0. The normalized spacial score (nSPS) is 20.4. The Labute approximate surface area is 154 Å². The summed E-state index contributed by atoms with van der Waals surface area (Å²) in [5.74, 6) is 1.04. The van der Waals surface area contributed by atoms with Crippen molar-refractivity contribution in [3.63, 3.8) is 0 Å². The van der Waals surface area contributed by atoms with Crippen LogP contribution in [0.15, 0.2) is 0 Å². The Morgan fingerprint density at radius 3 is 2.39 bits per heavy atom. The summed E-state index contributed by atoms with van der Waals surface area (Å²) in [6.45, 7) is 8.03. The summed E-state index contributed by atoms with van der Waals surface area (Å²) >= 11 is 0. The van der Waals surface area contributed by atoms with Gasteiger partial charge in [0.15, 0.2) is 0 Å². The van der Waals surface area contributed by atoms with Crippen molar-refractivity contribution in [2.75, 3.05) is 32.7 Å². The van der Waals surface area contributed by atoms with Crippen molar-refractivity contribution in [3.05, 3.63) is 0 Å². The number of carbonyl (C=O) groups is 1. The third-order valence-corrected chi connectivity index (χ3v) is 5.02. The van der Waals surface area contributed by atoms with E-state index in [2.05, 4.69) is 22.5 Å². The Morgan fingerprint density at radius 1 is 1.13 bits per heavy atom. The van der Waals surface area contributed by atoms with Crippen LogP contribution in [0.4, 0.5) is 0 Å². The predicted molar refractivity (Wildman–Crippen MR) is 102 cm³/mol. The lowest BCUT2D eigenvalue weighted by atomic mass is 9.93. The lowest BCUT2D eigenvalue weighted by Crippen LogP contribution is -2.44. The molecule has 4 nitrogen and oxygen atoms in total. The van der Waals surface area contributed by atoms with Crippen LogP contribution >= 0.6 is 24.8 Å². The van der Waals surface area contributed by atoms with Crippen molar-refractivity contribution in [2.24, 2.45) is 5.92 Å². The van der Waals surface area contributed by atoms with Crippen molar-refractivity contribution in [2.45, 2.75) is 64.3 Å². The smallest absolute Gasteiger partial charge is 0.220 e. The first-order valence-electron chi connectivity index (χ1n) is 9.00. The average molecular weight is 368 g/mol. The van der Waals surface area contributed by atoms with Crippen LogP contribution in [0, 0.1) is 5.92 Å². The molecule has 2 rings (SSSR count). The molecule has 1 amide bonds. The number of nitrogens with zero attached hydrogens (tertiary/aromatic N) is 1. The van der Waals surface area contributed by atoms with Gasteiger partial charge < -0.3 is 15.5 Å². The fourth-order valence-corrected chi connectivity index (χ4v) is 3.49. The minimum Gasteiger partial charge on any atom is -0.353 e. The van der Waals surface area contributed by atoms with E-state index in [1.165, 1.54) is 32.2 Å². The molecule has 0 radical (unpaired) electrons. The second-order valence-electron chi connectivity index (χ2n) is 6.77. The number of rotatable bonds is 7. The summed E-state index contributed by atoms with van der Waals surface area (Å²) in [5.41, 5.74) is 0. The van der Waals surface area contributed by atoms with E-state index in [-0.39, 0.29) is 30.7 Å². The van der Waals surface area contributed by atoms with Gasteiger partial charge in [0.25, 0.3) is 0 Å². The molecule has 2 saturated heterocycles. The van der Waals surface area contributed by atoms with E-state index in [9.17, 15) is 4.79 Å². The molecule has 0 unspecified atom stereocenters. The van der Waals surface area contributed by atoms with Crippen LogP contribution in [-0.2, 0) is 4.79 Å². The van der Waals surface area contributed by atoms with Crippen LogP contribution in [0.3, 0.4) is 0 Å². The highest BCUT2D eigenvalue weighted by molar-refractivity contribution is 5.85. The van der Waals surface area contributed by atoms with E-state index in [0.717, 1.165) is 57.8 Å². The Bertz CT molecular complexity index is 304. The summed E-state index contributed by atoms with van der Waals surface area (Å²) in [5, 5.41) is 6.64. The van der Waals surface area contributed by atoms with Gasteiger partial charge in [-0.3, -0.25) is 4.79 Å². The number of likely N-dealkylation sites (tertiary alicyclic amines) is 1. The molecule has 6 heteroatoms. The molecule has 0 saturated carbocycles. The molecule has 0 bridgehead atoms. The van der Waals surface area contributed by atoms with E-state index < -0.39 is 0 Å². The largest absolute Gasteiger partial charge is 0.353 e. The zero-order chi connectivity index (χ0) is 14.9. The highest BCUT2D eigenvalue weighted by atomic mass is 35.5. The minimum atomic E-state index is 0. The zero-order valence-electron chi connectivity index (χ0n) is 14.5.